The van der Waals surface area contributed by atoms with Gasteiger partial charge in [0.2, 0.25) is 0 Å². The molecule has 0 unspecified atom stereocenters. The molecule has 1 aromatic carbocycles. The van der Waals surface area contributed by atoms with Crippen LogP contribution in [0.15, 0.2) is 18.2 Å². The average Bonchev–Trinajstić information content (AvgIpc) is 2.53. The van der Waals surface area contributed by atoms with Crippen LogP contribution in [0.3, 0.4) is 0 Å². The summed E-state index contributed by atoms with van der Waals surface area (Å²) in [5.74, 6) is 1.01. The zero-order valence-electron chi connectivity index (χ0n) is 16.2. The van der Waals surface area contributed by atoms with E-state index in [0.717, 1.165) is 29.7 Å². The van der Waals surface area contributed by atoms with Crippen LogP contribution in [-0.2, 0) is 4.79 Å². The van der Waals surface area contributed by atoms with Crippen LogP contribution in [0, 0.1) is 6.92 Å². The number of hydrogen-bond donors (Lipinski definition) is 0. The molecule has 0 saturated heterocycles. The fourth-order valence-electron chi connectivity index (χ4n) is 2.96. The third-order valence-electron chi connectivity index (χ3n) is 4.50. The Balaban J connectivity index is 2.22. The third-order valence-corrected chi connectivity index (χ3v) is 4.50. The van der Waals surface area contributed by atoms with Crippen LogP contribution in [0.1, 0.15) is 102 Å². The summed E-state index contributed by atoms with van der Waals surface area (Å²) in [6.45, 7) is 8.53. The van der Waals surface area contributed by atoms with Crippen LogP contribution in [0.2, 0.25) is 0 Å². The maximum absolute atomic E-state index is 12.1. The molecular weight excluding hydrogens is 296 g/mol. The molecule has 0 aliphatic heterocycles. The van der Waals surface area contributed by atoms with Gasteiger partial charge in [-0.1, -0.05) is 84.3 Å². The molecule has 0 spiro atoms. The SMILES string of the molecule is CCCCCCCCCCCC(=O)Oc1cc(C)ccc1C(C)C. The summed E-state index contributed by atoms with van der Waals surface area (Å²) in [6.07, 6.45) is 11.9. The Morgan fingerprint density at radius 2 is 1.54 bits per heavy atom. The standard InChI is InChI=1S/C22H36O2/c1-5-6-7-8-9-10-11-12-13-14-22(23)24-21-17-19(4)15-16-20(21)18(2)3/h15-18H,5-14H2,1-4H3. The van der Waals surface area contributed by atoms with Crippen molar-refractivity contribution in [3.8, 4) is 5.75 Å². The maximum atomic E-state index is 12.1. The van der Waals surface area contributed by atoms with Crippen molar-refractivity contribution in [2.75, 3.05) is 0 Å². The number of benzene rings is 1. The predicted molar refractivity (Wildman–Crippen MR) is 103 cm³/mol. The van der Waals surface area contributed by atoms with Crippen molar-refractivity contribution in [1.29, 1.82) is 0 Å². The van der Waals surface area contributed by atoms with Gasteiger partial charge < -0.3 is 4.74 Å². The van der Waals surface area contributed by atoms with Gasteiger partial charge in [-0.3, -0.25) is 4.79 Å². The van der Waals surface area contributed by atoms with Crippen molar-refractivity contribution < 1.29 is 9.53 Å². The Hall–Kier alpha value is -1.31. The van der Waals surface area contributed by atoms with E-state index in [4.69, 9.17) is 4.74 Å². The molecule has 0 aromatic heterocycles. The number of hydrogen-bond acceptors (Lipinski definition) is 2. The number of carbonyl (C=O) groups is 1. The smallest absolute Gasteiger partial charge is 0.311 e. The van der Waals surface area contributed by atoms with Crippen LogP contribution in [-0.4, -0.2) is 5.97 Å². The van der Waals surface area contributed by atoms with E-state index in [1.807, 2.05) is 13.0 Å². The van der Waals surface area contributed by atoms with Crippen molar-refractivity contribution in [1.82, 2.24) is 0 Å². The van der Waals surface area contributed by atoms with E-state index in [0.29, 0.717) is 12.3 Å². The summed E-state index contributed by atoms with van der Waals surface area (Å²) in [7, 11) is 0. The van der Waals surface area contributed by atoms with Crippen molar-refractivity contribution in [3.05, 3.63) is 29.3 Å². The van der Waals surface area contributed by atoms with Gasteiger partial charge >= 0.3 is 5.97 Å². The van der Waals surface area contributed by atoms with Gasteiger partial charge in [0.25, 0.3) is 0 Å². The average molecular weight is 333 g/mol. The summed E-state index contributed by atoms with van der Waals surface area (Å²) in [5.41, 5.74) is 2.24. The Bertz CT molecular complexity index is 477. The third kappa shape index (κ3) is 8.52. The largest absolute Gasteiger partial charge is 0.426 e. The zero-order valence-corrected chi connectivity index (χ0v) is 16.2. The van der Waals surface area contributed by atoms with E-state index in [-0.39, 0.29) is 5.97 Å². The second kappa shape index (κ2) is 12.1. The molecule has 0 amide bonds. The van der Waals surface area contributed by atoms with Crippen LogP contribution < -0.4 is 4.74 Å². The van der Waals surface area contributed by atoms with E-state index in [1.54, 1.807) is 0 Å². The number of rotatable bonds is 12. The van der Waals surface area contributed by atoms with E-state index < -0.39 is 0 Å². The highest BCUT2D eigenvalue weighted by Crippen LogP contribution is 2.28. The number of esters is 1. The van der Waals surface area contributed by atoms with Crippen molar-refractivity contribution in [2.45, 2.75) is 97.8 Å². The lowest BCUT2D eigenvalue weighted by Crippen LogP contribution is -2.09. The second-order valence-corrected chi connectivity index (χ2v) is 7.25. The number of aryl methyl sites for hydroxylation is 1. The summed E-state index contributed by atoms with van der Waals surface area (Å²) < 4.78 is 5.62. The van der Waals surface area contributed by atoms with E-state index in [9.17, 15) is 4.79 Å². The summed E-state index contributed by atoms with van der Waals surface area (Å²) in [4.78, 5) is 12.1. The summed E-state index contributed by atoms with van der Waals surface area (Å²) >= 11 is 0. The molecule has 2 nitrogen and oxygen atoms in total. The van der Waals surface area contributed by atoms with Gasteiger partial charge in [0.1, 0.15) is 5.75 Å². The first-order valence-electron chi connectivity index (χ1n) is 9.85. The predicted octanol–water partition coefficient (Wildman–Crippen LogP) is 6.94. The first-order valence-corrected chi connectivity index (χ1v) is 9.85. The van der Waals surface area contributed by atoms with Gasteiger partial charge in [-0.05, 0) is 36.5 Å². The van der Waals surface area contributed by atoms with E-state index in [2.05, 4.69) is 32.9 Å². The van der Waals surface area contributed by atoms with Gasteiger partial charge in [0, 0.05) is 6.42 Å². The topological polar surface area (TPSA) is 26.3 Å². The fourth-order valence-corrected chi connectivity index (χ4v) is 2.96. The van der Waals surface area contributed by atoms with Gasteiger partial charge in [-0.25, -0.2) is 0 Å². The molecule has 1 aromatic rings. The fraction of sp³-hybridized carbons (Fsp3) is 0.682. The first-order chi connectivity index (χ1) is 11.5. The highest BCUT2D eigenvalue weighted by molar-refractivity contribution is 5.72. The number of unbranched alkanes of at least 4 members (excludes halogenated alkanes) is 8. The van der Waals surface area contributed by atoms with Gasteiger partial charge in [0.05, 0.1) is 0 Å². The Labute approximate surface area is 149 Å². The minimum absolute atomic E-state index is 0.0922. The molecule has 0 heterocycles. The Morgan fingerprint density at radius 1 is 0.958 bits per heavy atom. The molecule has 0 saturated carbocycles. The van der Waals surface area contributed by atoms with Crippen molar-refractivity contribution in [3.63, 3.8) is 0 Å². The molecule has 2 heteroatoms. The molecule has 0 aliphatic carbocycles. The second-order valence-electron chi connectivity index (χ2n) is 7.25. The summed E-state index contributed by atoms with van der Waals surface area (Å²) in [6, 6.07) is 6.12. The zero-order chi connectivity index (χ0) is 17.8. The van der Waals surface area contributed by atoms with Gasteiger partial charge in [-0.15, -0.1) is 0 Å². The highest BCUT2D eigenvalue weighted by Gasteiger charge is 2.12. The molecular formula is C22H36O2. The molecule has 1 rings (SSSR count). The first kappa shape index (κ1) is 20.7. The van der Waals surface area contributed by atoms with Crippen LogP contribution >= 0.6 is 0 Å². The number of ether oxygens (including phenoxy) is 1. The van der Waals surface area contributed by atoms with Gasteiger partial charge in [0.15, 0.2) is 0 Å². The molecule has 0 fully saturated rings. The molecule has 136 valence electrons. The van der Waals surface area contributed by atoms with Crippen LogP contribution in [0.4, 0.5) is 0 Å². The normalized spacial score (nSPS) is 11.0. The summed E-state index contributed by atoms with van der Waals surface area (Å²) in [5, 5.41) is 0. The molecule has 24 heavy (non-hydrogen) atoms. The monoisotopic (exact) mass is 332 g/mol. The van der Waals surface area contributed by atoms with Crippen molar-refractivity contribution >= 4 is 5.97 Å². The Kier molecular flexibility index (Phi) is 10.5. The van der Waals surface area contributed by atoms with E-state index >= 15 is 0 Å². The molecule has 0 radical (unpaired) electrons. The number of carbonyl (C=O) groups excluding carboxylic acids is 1. The quantitative estimate of drug-likeness (QED) is 0.235. The van der Waals surface area contributed by atoms with Crippen LogP contribution in [0.25, 0.3) is 0 Å². The van der Waals surface area contributed by atoms with Crippen molar-refractivity contribution in [2.24, 2.45) is 0 Å². The minimum Gasteiger partial charge on any atom is -0.426 e. The van der Waals surface area contributed by atoms with Gasteiger partial charge in [-0.2, -0.15) is 0 Å². The highest BCUT2D eigenvalue weighted by atomic mass is 16.5. The van der Waals surface area contributed by atoms with Crippen LogP contribution in [0.5, 0.6) is 5.75 Å². The molecule has 0 bridgehead atoms. The molecule has 0 N–H and O–H groups in total. The lowest BCUT2D eigenvalue weighted by Gasteiger charge is -2.13. The van der Waals surface area contributed by atoms with E-state index in [1.165, 1.54) is 44.9 Å². The minimum atomic E-state index is -0.0922. The molecule has 0 atom stereocenters. The Morgan fingerprint density at radius 3 is 2.12 bits per heavy atom. The lowest BCUT2D eigenvalue weighted by molar-refractivity contribution is -0.134. The lowest BCUT2D eigenvalue weighted by atomic mass is 10.0. The maximum Gasteiger partial charge on any atom is 0.311 e. The molecule has 0 aliphatic rings.